The van der Waals surface area contributed by atoms with Crippen LogP contribution in [0, 0.1) is 6.92 Å². The minimum absolute atomic E-state index is 0.0124. The van der Waals surface area contributed by atoms with Gasteiger partial charge in [-0.25, -0.2) is 4.79 Å². The monoisotopic (exact) mass is 252 g/mol. The van der Waals surface area contributed by atoms with Gasteiger partial charge in [0.05, 0.1) is 0 Å². The molecule has 3 rings (SSSR count). The van der Waals surface area contributed by atoms with E-state index in [0.717, 1.165) is 16.5 Å². The molecule has 3 heteroatoms. The van der Waals surface area contributed by atoms with E-state index in [9.17, 15) is 4.79 Å². The van der Waals surface area contributed by atoms with Gasteiger partial charge in [-0.15, -0.1) is 0 Å². The number of furan rings is 1. The molecule has 0 saturated heterocycles. The number of aryl methyl sites for hydroxylation is 1. The molecule has 0 saturated carbocycles. The standard InChI is InChI=1S/C16H12O3/c1-10-12-8-5-9-13(11-6-3-2-4-7-11)15(12)19-14(10)16(17)18/h2-9H,1H3,(H,17,18). The van der Waals surface area contributed by atoms with Crippen LogP contribution in [-0.2, 0) is 0 Å². The van der Waals surface area contributed by atoms with Crippen molar-refractivity contribution >= 4 is 16.9 Å². The smallest absolute Gasteiger partial charge is 0.372 e. The van der Waals surface area contributed by atoms with Crippen molar-refractivity contribution in [2.45, 2.75) is 6.92 Å². The predicted octanol–water partition coefficient (Wildman–Crippen LogP) is 4.11. The van der Waals surface area contributed by atoms with Gasteiger partial charge in [0.15, 0.2) is 0 Å². The fourth-order valence-electron chi connectivity index (χ4n) is 2.29. The van der Waals surface area contributed by atoms with E-state index in [-0.39, 0.29) is 5.76 Å². The molecule has 0 aliphatic carbocycles. The molecule has 0 unspecified atom stereocenters. The van der Waals surface area contributed by atoms with E-state index in [1.165, 1.54) is 0 Å². The van der Waals surface area contributed by atoms with Gasteiger partial charge in [-0.1, -0.05) is 48.5 Å². The van der Waals surface area contributed by atoms with Crippen LogP contribution < -0.4 is 0 Å². The van der Waals surface area contributed by atoms with Crippen LogP contribution in [0.4, 0.5) is 0 Å². The van der Waals surface area contributed by atoms with E-state index in [2.05, 4.69) is 0 Å². The average Bonchev–Trinajstić information content (AvgIpc) is 2.78. The molecule has 1 N–H and O–H groups in total. The minimum Gasteiger partial charge on any atom is -0.475 e. The first-order valence-corrected chi connectivity index (χ1v) is 5.99. The summed E-state index contributed by atoms with van der Waals surface area (Å²) in [6.07, 6.45) is 0. The first-order valence-electron chi connectivity index (χ1n) is 5.99. The second-order valence-corrected chi connectivity index (χ2v) is 4.41. The molecule has 0 aliphatic heterocycles. The zero-order valence-electron chi connectivity index (χ0n) is 10.4. The maximum atomic E-state index is 11.1. The third kappa shape index (κ3) is 1.80. The van der Waals surface area contributed by atoms with Crippen molar-refractivity contribution in [3.05, 3.63) is 59.9 Å². The van der Waals surface area contributed by atoms with Crippen LogP contribution in [0.25, 0.3) is 22.1 Å². The highest BCUT2D eigenvalue weighted by atomic mass is 16.4. The number of carbonyl (C=O) groups is 1. The molecule has 0 radical (unpaired) electrons. The highest BCUT2D eigenvalue weighted by Crippen LogP contribution is 2.33. The summed E-state index contributed by atoms with van der Waals surface area (Å²) in [4.78, 5) is 11.1. The number of fused-ring (bicyclic) bond motifs is 1. The molecule has 19 heavy (non-hydrogen) atoms. The molecule has 94 valence electrons. The van der Waals surface area contributed by atoms with Crippen LogP contribution in [0.2, 0.25) is 0 Å². The van der Waals surface area contributed by atoms with Crippen LogP contribution in [0.1, 0.15) is 16.1 Å². The largest absolute Gasteiger partial charge is 0.475 e. The molecule has 0 bridgehead atoms. The molecule has 0 aliphatic rings. The summed E-state index contributed by atoms with van der Waals surface area (Å²) in [5.41, 5.74) is 3.22. The molecule has 3 nitrogen and oxygen atoms in total. The van der Waals surface area contributed by atoms with Gasteiger partial charge in [-0.05, 0) is 12.5 Å². The Morgan fingerprint density at radius 1 is 1.05 bits per heavy atom. The Kier molecular flexibility index (Phi) is 2.60. The van der Waals surface area contributed by atoms with Crippen LogP contribution in [0.15, 0.2) is 52.9 Å². The number of hydrogen-bond donors (Lipinski definition) is 1. The lowest BCUT2D eigenvalue weighted by molar-refractivity contribution is 0.0664. The van der Waals surface area contributed by atoms with Crippen molar-refractivity contribution in [1.29, 1.82) is 0 Å². The second kappa shape index (κ2) is 4.28. The van der Waals surface area contributed by atoms with Crippen molar-refractivity contribution in [3.63, 3.8) is 0 Å². The fraction of sp³-hybridized carbons (Fsp3) is 0.0625. The number of carboxylic acids is 1. The lowest BCUT2D eigenvalue weighted by Crippen LogP contribution is -1.94. The second-order valence-electron chi connectivity index (χ2n) is 4.41. The van der Waals surface area contributed by atoms with Gasteiger partial charge in [0.25, 0.3) is 0 Å². The van der Waals surface area contributed by atoms with Gasteiger partial charge in [0.2, 0.25) is 5.76 Å². The molecule has 0 fully saturated rings. The summed E-state index contributed by atoms with van der Waals surface area (Å²) in [6, 6.07) is 15.5. The topological polar surface area (TPSA) is 50.4 Å². The van der Waals surface area contributed by atoms with Crippen molar-refractivity contribution in [2.75, 3.05) is 0 Å². The quantitative estimate of drug-likeness (QED) is 0.746. The van der Waals surface area contributed by atoms with E-state index < -0.39 is 5.97 Å². The van der Waals surface area contributed by atoms with Gasteiger partial charge in [-0.2, -0.15) is 0 Å². The number of carboxylic acid groups (broad SMARTS) is 1. The number of aromatic carboxylic acids is 1. The summed E-state index contributed by atoms with van der Waals surface area (Å²) >= 11 is 0. The Morgan fingerprint density at radius 3 is 2.47 bits per heavy atom. The van der Waals surface area contributed by atoms with Crippen LogP contribution >= 0.6 is 0 Å². The van der Waals surface area contributed by atoms with Crippen molar-refractivity contribution in [3.8, 4) is 11.1 Å². The van der Waals surface area contributed by atoms with E-state index in [4.69, 9.17) is 9.52 Å². The molecule has 2 aromatic carbocycles. The van der Waals surface area contributed by atoms with Gasteiger partial charge in [0, 0.05) is 16.5 Å². The first-order chi connectivity index (χ1) is 9.18. The first kappa shape index (κ1) is 11.5. The number of para-hydroxylation sites is 1. The van der Waals surface area contributed by atoms with Crippen LogP contribution in [0.5, 0.6) is 0 Å². The summed E-state index contributed by atoms with van der Waals surface area (Å²) in [5, 5.41) is 9.98. The van der Waals surface area contributed by atoms with Gasteiger partial charge in [-0.3, -0.25) is 0 Å². The number of rotatable bonds is 2. The number of hydrogen-bond acceptors (Lipinski definition) is 2. The third-order valence-corrected chi connectivity index (χ3v) is 3.24. The Labute approximate surface area is 110 Å². The number of benzene rings is 2. The molecule has 0 atom stereocenters. The fourth-order valence-corrected chi connectivity index (χ4v) is 2.29. The van der Waals surface area contributed by atoms with Gasteiger partial charge < -0.3 is 9.52 Å². The van der Waals surface area contributed by atoms with E-state index in [1.54, 1.807) is 6.92 Å². The molecular weight excluding hydrogens is 240 g/mol. The Bertz CT molecular complexity index is 754. The zero-order chi connectivity index (χ0) is 13.4. The van der Waals surface area contributed by atoms with Crippen molar-refractivity contribution < 1.29 is 14.3 Å². The Morgan fingerprint density at radius 2 is 1.79 bits per heavy atom. The van der Waals surface area contributed by atoms with Crippen LogP contribution in [-0.4, -0.2) is 11.1 Å². The lowest BCUT2D eigenvalue weighted by Gasteiger charge is -2.01. The van der Waals surface area contributed by atoms with Crippen molar-refractivity contribution in [2.24, 2.45) is 0 Å². The maximum Gasteiger partial charge on any atom is 0.372 e. The summed E-state index contributed by atoms with van der Waals surface area (Å²) in [6.45, 7) is 1.77. The molecule has 1 aromatic heterocycles. The highest BCUT2D eigenvalue weighted by Gasteiger charge is 2.18. The van der Waals surface area contributed by atoms with Crippen LogP contribution in [0.3, 0.4) is 0 Å². The normalized spacial score (nSPS) is 10.8. The van der Waals surface area contributed by atoms with E-state index >= 15 is 0 Å². The van der Waals surface area contributed by atoms with Crippen molar-refractivity contribution in [1.82, 2.24) is 0 Å². The molecule has 0 spiro atoms. The summed E-state index contributed by atoms with van der Waals surface area (Å²) in [7, 11) is 0. The Balaban J connectivity index is 2.33. The SMILES string of the molecule is Cc1c(C(=O)O)oc2c(-c3ccccc3)cccc12. The molecular formula is C16H12O3. The summed E-state index contributed by atoms with van der Waals surface area (Å²) < 4.78 is 5.55. The van der Waals surface area contributed by atoms with Gasteiger partial charge in [0.1, 0.15) is 5.58 Å². The lowest BCUT2D eigenvalue weighted by atomic mass is 10.0. The van der Waals surface area contributed by atoms with E-state index in [0.29, 0.717) is 11.1 Å². The summed E-state index contributed by atoms with van der Waals surface area (Å²) in [5.74, 6) is -1.02. The highest BCUT2D eigenvalue weighted by molar-refractivity contribution is 6.00. The minimum atomic E-state index is -1.03. The Hall–Kier alpha value is -2.55. The average molecular weight is 252 g/mol. The van der Waals surface area contributed by atoms with Gasteiger partial charge >= 0.3 is 5.97 Å². The third-order valence-electron chi connectivity index (χ3n) is 3.24. The predicted molar refractivity (Wildman–Crippen MR) is 73.3 cm³/mol. The van der Waals surface area contributed by atoms with E-state index in [1.807, 2.05) is 48.5 Å². The maximum absolute atomic E-state index is 11.1. The molecule has 1 heterocycles. The molecule has 3 aromatic rings. The molecule has 0 amide bonds. The zero-order valence-corrected chi connectivity index (χ0v) is 10.4.